The third kappa shape index (κ3) is 5.23. The highest BCUT2D eigenvalue weighted by Gasteiger charge is 2.23. The van der Waals surface area contributed by atoms with Gasteiger partial charge in [-0.15, -0.1) is 0 Å². The maximum atomic E-state index is 8.88. The second kappa shape index (κ2) is 7.44. The molecule has 1 aliphatic rings. The molecule has 1 heterocycles. The summed E-state index contributed by atoms with van der Waals surface area (Å²) in [5.74, 6) is 0. The lowest BCUT2D eigenvalue weighted by Crippen LogP contribution is -2.35. The average Bonchev–Trinajstić information content (AvgIpc) is 2.89. The van der Waals surface area contributed by atoms with Crippen LogP contribution in [0.4, 0.5) is 11.4 Å². The number of hydrogen-bond acceptors (Lipinski definition) is 3. The third-order valence-electron chi connectivity index (χ3n) is 3.30. The Morgan fingerprint density at radius 2 is 1.09 bits per heavy atom. The lowest BCUT2D eigenvalue weighted by atomic mass is 10.2. The molecule has 0 aliphatic carbocycles. The van der Waals surface area contributed by atoms with Crippen LogP contribution in [0, 0.1) is 0 Å². The van der Waals surface area contributed by atoms with E-state index in [-0.39, 0.29) is 0 Å². The second-order valence-electron chi connectivity index (χ2n) is 4.93. The van der Waals surface area contributed by atoms with Gasteiger partial charge in [-0.05, 0) is 31.2 Å². The van der Waals surface area contributed by atoms with Crippen LogP contribution in [0.5, 0.6) is 0 Å². The number of rotatable bonds is 2. The van der Waals surface area contributed by atoms with Crippen molar-refractivity contribution in [3.63, 3.8) is 0 Å². The standard InChI is InChI=1S/C16H16N2.H3O4P/c1-14-17(15-8-4-2-5-9-15)12-13-18(14)16-10-6-3-7-11-16;1-5(2,3)4/h2-14H,1H3;(H3,1,2,3,4). The third-order valence-corrected chi connectivity index (χ3v) is 3.30. The van der Waals surface area contributed by atoms with Crippen molar-refractivity contribution in [1.82, 2.24) is 0 Å². The van der Waals surface area contributed by atoms with Crippen molar-refractivity contribution in [2.24, 2.45) is 0 Å². The molecule has 2 aromatic rings. The van der Waals surface area contributed by atoms with E-state index in [0.717, 1.165) is 0 Å². The molecule has 0 unspecified atom stereocenters. The predicted molar refractivity (Wildman–Crippen MR) is 90.7 cm³/mol. The van der Waals surface area contributed by atoms with Crippen LogP contribution < -0.4 is 9.80 Å². The Morgan fingerprint density at radius 3 is 1.39 bits per heavy atom. The number of nitrogens with zero attached hydrogens (tertiary/aromatic N) is 2. The molecule has 3 rings (SSSR count). The monoisotopic (exact) mass is 334 g/mol. The molecular weight excluding hydrogens is 315 g/mol. The lowest BCUT2D eigenvalue weighted by Gasteiger charge is -2.29. The summed E-state index contributed by atoms with van der Waals surface area (Å²) in [7, 11) is -4.64. The molecule has 0 radical (unpaired) electrons. The zero-order valence-corrected chi connectivity index (χ0v) is 13.5. The van der Waals surface area contributed by atoms with Crippen molar-refractivity contribution in [1.29, 1.82) is 0 Å². The zero-order valence-electron chi connectivity index (χ0n) is 12.6. The summed E-state index contributed by atoms with van der Waals surface area (Å²) < 4.78 is 8.88. The van der Waals surface area contributed by atoms with Gasteiger partial charge in [0.15, 0.2) is 0 Å². The van der Waals surface area contributed by atoms with Crippen LogP contribution in [0.3, 0.4) is 0 Å². The molecule has 0 aromatic heterocycles. The van der Waals surface area contributed by atoms with E-state index in [4.69, 9.17) is 19.2 Å². The number of para-hydroxylation sites is 2. The van der Waals surface area contributed by atoms with E-state index >= 15 is 0 Å². The number of anilines is 2. The first-order chi connectivity index (χ1) is 10.9. The van der Waals surface area contributed by atoms with Gasteiger partial charge in [-0.2, -0.15) is 0 Å². The second-order valence-corrected chi connectivity index (χ2v) is 5.96. The van der Waals surface area contributed by atoms with Crippen molar-refractivity contribution in [3.05, 3.63) is 73.1 Å². The molecule has 2 aromatic carbocycles. The summed E-state index contributed by atoms with van der Waals surface area (Å²) >= 11 is 0. The fraction of sp³-hybridized carbons (Fsp3) is 0.125. The lowest BCUT2D eigenvalue weighted by molar-refractivity contribution is 0.275. The van der Waals surface area contributed by atoms with Crippen molar-refractivity contribution >= 4 is 19.2 Å². The fourth-order valence-electron chi connectivity index (χ4n) is 2.33. The normalized spacial score (nSPS) is 14.6. The van der Waals surface area contributed by atoms with Gasteiger partial charge in [0.05, 0.1) is 0 Å². The quantitative estimate of drug-likeness (QED) is 0.733. The summed E-state index contributed by atoms with van der Waals surface area (Å²) in [5.41, 5.74) is 2.44. The first kappa shape index (κ1) is 17.2. The Balaban J connectivity index is 0.000000338. The van der Waals surface area contributed by atoms with Crippen LogP contribution in [0.25, 0.3) is 0 Å². The molecule has 0 amide bonds. The van der Waals surface area contributed by atoms with E-state index in [0.29, 0.717) is 6.17 Å². The molecule has 7 heteroatoms. The minimum absolute atomic E-state index is 0.301. The van der Waals surface area contributed by atoms with Gasteiger partial charge >= 0.3 is 7.82 Å². The summed E-state index contributed by atoms with van der Waals surface area (Å²) in [6, 6.07) is 20.9. The van der Waals surface area contributed by atoms with Gasteiger partial charge in [-0.1, -0.05) is 36.4 Å². The van der Waals surface area contributed by atoms with E-state index in [1.165, 1.54) is 11.4 Å². The van der Waals surface area contributed by atoms with Gasteiger partial charge in [0, 0.05) is 23.8 Å². The molecule has 3 N–H and O–H groups in total. The van der Waals surface area contributed by atoms with E-state index in [9.17, 15) is 0 Å². The SMILES string of the molecule is CC1N(c2ccccc2)C=CN1c1ccccc1.O=P(O)(O)O. The van der Waals surface area contributed by atoms with Gasteiger partial charge in [-0.25, -0.2) is 4.57 Å². The van der Waals surface area contributed by atoms with Gasteiger partial charge < -0.3 is 24.5 Å². The summed E-state index contributed by atoms with van der Waals surface area (Å²) in [5, 5.41) is 0. The zero-order chi connectivity index (χ0) is 16.9. The minimum Gasteiger partial charge on any atom is -0.326 e. The number of phosphoric acid groups is 1. The average molecular weight is 334 g/mol. The summed E-state index contributed by atoms with van der Waals surface area (Å²) in [6.07, 6.45) is 4.56. The largest absolute Gasteiger partial charge is 0.466 e. The van der Waals surface area contributed by atoms with E-state index in [1.54, 1.807) is 0 Å². The van der Waals surface area contributed by atoms with Crippen LogP contribution in [-0.2, 0) is 4.57 Å². The molecule has 0 saturated carbocycles. The minimum atomic E-state index is -4.64. The van der Waals surface area contributed by atoms with E-state index in [2.05, 4.69) is 77.7 Å². The summed E-state index contributed by atoms with van der Waals surface area (Å²) in [4.78, 5) is 26.1. The molecule has 0 bridgehead atoms. The first-order valence-electron chi connectivity index (χ1n) is 6.99. The summed E-state index contributed by atoms with van der Waals surface area (Å²) in [6.45, 7) is 2.21. The molecule has 1 aliphatic heterocycles. The number of hydrogen-bond donors (Lipinski definition) is 3. The maximum Gasteiger partial charge on any atom is 0.466 e. The Hall–Kier alpha value is -2.11. The highest BCUT2D eigenvalue weighted by molar-refractivity contribution is 7.45. The molecule has 6 nitrogen and oxygen atoms in total. The smallest absolute Gasteiger partial charge is 0.326 e. The molecule has 0 saturated heterocycles. The van der Waals surface area contributed by atoms with Gasteiger partial charge in [0.1, 0.15) is 6.17 Å². The van der Waals surface area contributed by atoms with Gasteiger partial charge in [-0.3, -0.25) is 0 Å². The van der Waals surface area contributed by atoms with Crippen LogP contribution in [0.15, 0.2) is 73.1 Å². The molecule has 122 valence electrons. The van der Waals surface area contributed by atoms with Crippen LogP contribution in [0.2, 0.25) is 0 Å². The number of benzene rings is 2. The molecule has 0 spiro atoms. The van der Waals surface area contributed by atoms with Crippen LogP contribution in [0.1, 0.15) is 6.92 Å². The Labute approximate surface area is 135 Å². The highest BCUT2D eigenvalue weighted by atomic mass is 31.2. The molecule has 23 heavy (non-hydrogen) atoms. The van der Waals surface area contributed by atoms with Crippen molar-refractivity contribution in [2.75, 3.05) is 9.80 Å². The van der Waals surface area contributed by atoms with Crippen molar-refractivity contribution in [3.8, 4) is 0 Å². The molecule has 0 atom stereocenters. The maximum absolute atomic E-state index is 8.88. The molecular formula is C16H19N2O4P. The molecule has 0 fully saturated rings. The Morgan fingerprint density at radius 1 is 0.783 bits per heavy atom. The Kier molecular flexibility index (Phi) is 5.58. The van der Waals surface area contributed by atoms with Gasteiger partial charge in [0.25, 0.3) is 0 Å². The van der Waals surface area contributed by atoms with E-state index < -0.39 is 7.82 Å². The Bertz CT molecular complexity index is 630. The van der Waals surface area contributed by atoms with Gasteiger partial charge in [0.2, 0.25) is 0 Å². The fourth-order valence-corrected chi connectivity index (χ4v) is 2.33. The van der Waals surface area contributed by atoms with Crippen LogP contribution in [-0.4, -0.2) is 20.8 Å². The predicted octanol–water partition coefficient (Wildman–Crippen LogP) is 2.90. The van der Waals surface area contributed by atoms with Crippen molar-refractivity contribution in [2.45, 2.75) is 13.1 Å². The highest BCUT2D eigenvalue weighted by Crippen LogP contribution is 2.28. The van der Waals surface area contributed by atoms with E-state index in [1.807, 2.05) is 12.1 Å². The topological polar surface area (TPSA) is 84.2 Å². The van der Waals surface area contributed by atoms with Crippen molar-refractivity contribution < 1.29 is 19.2 Å². The van der Waals surface area contributed by atoms with Crippen LogP contribution >= 0.6 is 7.82 Å². The first-order valence-corrected chi connectivity index (χ1v) is 8.56.